The summed E-state index contributed by atoms with van der Waals surface area (Å²) in [5.41, 5.74) is 1.05. The molecule has 1 atom stereocenters. The summed E-state index contributed by atoms with van der Waals surface area (Å²) in [6.07, 6.45) is 3.54. The minimum absolute atomic E-state index is 0.00725. The second-order valence-electron chi connectivity index (χ2n) is 9.67. The van der Waals surface area contributed by atoms with E-state index in [-0.39, 0.29) is 24.0 Å². The molecule has 2 aliphatic rings. The highest BCUT2D eigenvalue weighted by molar-refractivity contribution is 5.88. The Bertz CT molecular complexity index is 940. The van der Waals surface area contributed by atoms with Crippen LogP contribution >= 0.6 is 0 Å². The molecule has 0 aromatic heterocycles. The smallest absolute Gasteiger partial charge is 0.303 e. The number of aliphatic carboxylic acids is 1. The molecule has 0 amide bonds. The number of hydrogen-bond donors (Lipinski definition) is 1. The zero-order valence-electron chi connectivity index (χ0n) is 18.7. The summed E-state index contributed by atoms with van der Waals surface area (Å²) in [5, 5.41) is 10.4. The van der Waals surface area contributed by atoms with Crippen molar-refractivity contribution in [3.8, 4) is 5.75 Å². The summed E-state index contributed by atoms with van der Waals surface area (Å²) >= 11 is 0. The number of carbonyl (C=O) groups is 1. The molecule has 0 radical (unpaired) electrons. The second kappa shape index (κ2) is 10.2. The quantitative estimate of drug-likeness (QED) is 0.534. The van der Waals surface area contributed by atoms with Crippen molar-refractivity contribution in [3.63, 3.8) is 0 Å². The topological polar surface area (TPSA) is 49.8 Å². The van der Waals surface area contributed by atoms with Crippen LogP contribution in [0.5, 0.6) is 5.75 Å². The predicted molar refractivity (Wildman–Crippen MR) is 121 cm³/mol. The molecule has 2 aromatic carbocycles. The van der Waals surface area contributed by atoms with E-state index in [9.17, 15) is 13.6 Å². The van der Waals surface area contributed by atoms with Gasteiger partial charge in [0, 0.05) is 19.5 Å². The molecule has 0 spiro atoms. The van der Waals surface area contributed by atoms with E-state index >= 15 is 0 Å². The number of piperidine rings is 1. The lowest BCUT2D eigenvalue weighted by Crippen LogP contribution is -2.35. The van der Waals surface area contributed by atoms with Crippen molar-refractivity contribution in [1.29, 1.82) is 0 Å². The number of hydrogen-bond acceptors (Lipinski definition) is 3. The van der Waals surface area contributed by atoms with E-state index < -0.39 is 12.4 Å². The van der Waals surface area contributed by atoms with E-state index in [4.69, 9.17) is 9.84 Å². The Labute approximate surface area is 188 Å². The number of carboxylic acid groups (broad SMARTS) is 1. The third kappa shape index (κ3) is 5.58. The minimum Gasteiger partial charge on any atom is -0.490 e. The average Bonchev–Trinajstić information content (AvgIpc) is 2.75. The van der Waals surface area contributed by atoms with Crippen LogP contribution in [0, 0.1) is 11.8 Å². The summed E-state index contributed by atoms with van der Waals surface area (Å²) in [6.45, 7) is 4.63. The Hall–Kier alpha value is -2.21. The monoisotopic (exact) mass is 445 g/mol. The maximum atomic E-state index is 14.1. The van der Waals surface area contributed by atoms with Crippen LogP contribution in [0.15, 0.2) is 30.3 Å². The van der Waals surface area contributed by atoms with Crippen molar-refractivity contribution in [1.82, 2.24) is 4.90 Å². The first-order valence-electron chi connectivity index (χ1n) is 11.8. The van der Waals surface area contributed by atoms with Crippen LogP contribution in [0.1, 0.15) is 69.4 Å². The second-order valence-corrected chi connectivity index (χ2v) is 9.67. The molecule has 1 aliphatic heterocycles. The molecule has 174 valence electrons. The van der Waals surface area contributed by atoms with E-state index in [1.165, 1.54) is 0 Å². The van der Waals surface area contributed by atoms with Gasteiger partial charge >= 0.3 is 5.97 Å². The maximum Gasteiger partial charge on any atom is 0.303 e. The number of rotatable bonds is 7. The van der Waals surface area contributed by atoms with Crippen LogP contribution in [-0.4, -0.2) is 35.2 Å². The van der Waals surface area contributed by atoms with Gasteiger partial charge in [0.05, 0.1) is 11.7 Å². The summed E-state index contributed by atoms with van der Waals surface area (Å²) in [7, 11) is 0. The predicted octanol–water partition coefficient (Wildman–Crippen LogP) is 6.42. The number of carboxylic acids is 1. The normalized spacial score (nSPS) is 24.7. The van der Waals surface area contributed by atoms with E-state index in [1.807, 2.05) is 18.2 Å². The highest BCUT2D eigenvalue weighted by Gasteiger charge is 2.25. The molecule has 0 bridgehead atoms. The molecule has 4 nitrogen and oxygen atoms in total. The largest absolute Gasteiger partial charge is 0.490 e. The molecule has 6 heteroatoms. The van der Waals surface area contributed by atoms with Crippen LogP contribution < -0.4 is 4.74 Å². The fourth-order valence-corrected chi connectivity index (χ4v) is 5.30. The van der Waals surface area contributed by atoms with Crippen molar-refractivity contribution < 1.29 is 23.4 Å². The first kappa shape index (κ1) is 23.0. The highest BCUT2D eigenvalue weighted by Crippen LogP contribution is 2.38. The van der Waals surface area contributed by atoms with Gasteiger partial charge in [-0.3, -0.25) is 9.69 Å². The third-order valence-corrected chi connectivity index (χ3v) is 7.03. The zero-order valence-corrected chi connectivity index (χ0v) is 18.7. The standard InChI is InChI=1S/C26H33F2NO3/c1-17-4-8-21(9-5-17)32-23-11-7-20-13-19(6-10-22(20)25(23)26(27)28)16-29-12-2-3-18(15-29)14-24(30)31/h6-7,10-11,13,17-18,21,26H,2-5,8-9,12,14-16H2,1H3,(H,30,31)/t17-,18-,21+/m1/s1. The summed E-state index contributed by atoms with van der Waals surface area (Å²) < 4.78 is 34.2. The number of nitrogens with zero attached hydrogens (tertiary/aromatic N) is 1. The Morgan fingerprint density at radius 2 is 1.94 bits per heavy atom. The number of likely N-dealkylation sites (tertiary alicyclic amines) is 1. The molecule has 0 unspecified atom stereocenters. The highest BCUT2D eigenvalue weighted by atomic mass is 19.3. The number of ether oxygens (including phenoxy) is 1. The third-order valence-electron chi connectivity index (χ3n) is 7.03. The Kier molecular flexibility index (Phi) is 7.29. The number of halogens is 2. The van der Waals surface area contributed by atoms with Crippen LogP contribution in [0.2, 0.25) is 0 Å². The molecule has 1 heterocycles. The van der Waals surface area contributed by atoms with Gasteiger partial charge in [-0.15, -0.1) is 0 Å². The number of fused-ring (bicyclic) bond motifs is 1. The number of alkyl halides is 2. The summed E-state index contributed by atoms with van der Waals surface area (Å²) in [6, 6.07) is 9.28. The number of benzene rings is 2. The molecule has 1 N–H and O–H groups in total. The van der Waals surface area contributed by atoms with Crippen molar-refractivity contribution in [2.45, 2.75) is 70.9 Å². The SMILES string of the molecule is C[C@H]1CC[C@@H](Oc2ccc3cc(CN4CCC[C@H](CC(=O)O)C4)ccc3c2C(F)F)CC1. The van der Waals surface area contributed by atoms with Gasteiger partial charge < -0.3 is 9.84 Å². The molecule has 1 saturated carbocycles. The molecule has 1 saturated heterocycles. The Morgan fingerprint density at radius 3 is 2.66 bits per heavy atom. The summed E-state index contributed by atoms with van der Waals surface area (Å²) in [5.74, 6) is 0.420. The van der Waals surface area contributed by atoms with Crippen LogP contribution in [0.25, 0.3) is 10.8 Å². The van der Waals surface area contributed by atoms with Crippen LogP contribution in [-0.2, 0) is 11.3 Å². The Balaban J connectivity index is 1.51. The lowest BCUT2D eigenvalue weighted by Gasteiger charge is -2.32. The van der Waals surface area contributed by atoms with Crippen molar-refractivity contribution >= 4 is 16.7 Å². The van der Waals surface area contributed by atoms with Gasteiger partial charge in [-0.2, -0.15) is 0 Å². The molecular formula is C26H33F2NO3. The lowest BCUT2D eigenvalue weighted by atomic mass is 9.89. The minimum atomic E-state index is -2.60. The van der Waals surface area contributed by atoms with Gasteiger partial charge in [0.1, 0.15) is 5.75 Å². The van der Waals surface area contributed by atoms with Gasteiger partial charge in [-0.1, -0.05) is 25.1 Å². The van der Waals surface area contributed by atoms with E-state index in [1.54, 1.807) is 12.1 Å². The van der Waals surface area contributed by atoms with Crippen LogP contribution in [0.3, 0.4) is 0 Å². The zero-order chi connectivity index (χ0) is 22.7. The van der Waals surface area contributed by atoms with Crippen LogP contribution in [0.4, 0.5) is 8.78 Å². The van der Waals surface area contributed by atoms with Gasteiger partial charge in [-0.25, -0.2) is 8.78 Å². The molecule has 4 rings (SSSR count). The lowest BCUT2D eigenvalue weighted by molar-refractivity contribution is -0.138. The first-order valence-corrected chi connectivity index (χ1v) is 11.8. The summed E-state index contributed by atoms with van der Waals surface area (Å²) in [4.78, 5) is 13.3. The average molecular weight is 446 g/mol. The molecule has 1 aliphatic carbocycles. The van der Waals surface area contributed by atoms with E-state index in [0.717, 1.165) is 62.6 Å². The van der Waals surface area contributed by atoms with E-state index in [0.29, 0.717) is 23.6 Å². The fourth-order valence-electron chi connectivity index (χ4n) is 5.30. The maximum absolute atomic E-state index is 14.1. The van der Waals surface area contributed by atoms with Crippen molar-refractivity contribution in [2.24, 2.45) is 11.8 Å². The van der Waals surface area contributed by atoms with Crippen molar-refractivity contribution in [3.05, 3.63) is 41.5 Å². The molecule has 2 fully saturated rings. The molecular weight excluding hydrogens is 412 g/mol. The van der Waals surface area contributed by atoms with Gasteiger partial charge in [0.25, 0.3) is 6.43 Å². The molecule has 32 heavy (non-hydrogen) atoms. The first-order chi connectivity index (χ1) is 15.4. The van der Waals surface area contributed by atoms with E-state index in [2.05, 4.69) is 11.8 Å². The van der Waals surface area contributed by atoms with Crippen molar-refractivity contribution in [2.75, 3.05) is 13.1 Å². The fraction of sp³-hybridized carbons (Fsp3) is 0.577. The van der Waals surface area contributed by atoms with Gasteiger partial charge in [0.15, 0.2) is 0 Å². The molecule has 2 aromatic rings. The van der Waals surface area contributed by atoms with Gasteiger partial charge in [0.2, 0.25) is 0 Å². The Morgan fingerprint density at radius 1 is 1.16 bits per heavy atom. The van der Waals surface area contributed by atoms with Gasteiger partial charge in [-0.05, 0) is 85.4 Å².